The molecular formula is C30H29ClFIN6O2. The first-order valence-electron chi connectivity index (χ1n) is 13.4. The highest BCUT2D eigenvalue weighted by Gasteiger charge is 2.31. The van der Waals surface area contributed by atoms with Crippen molar-refractivity contribution in [1.82, 2.24) is 24.4 Å². The Morgan fingerprint density at radius 2 is 1.85 bits per heavy atom. The average molecular weight is 687 g/mol. The first-order chi connectivity index (χ1) is 19.7. The third-order valence-corrected chi connectivity index (χ3v) is 9.22. The summed E-state index contributed by atoms with van der Waals surface area (Å²) >= 11 is 9.05. The molecule has 1 atom stereocenters. The van der Waals surface area contributed by atoms with Crippen LogP contribution in [0.25, 0.3) is 28.0 Å². The van der Waals surface area contributed by atoms with E-state index in [1.165, 1.54) is 16.7 Å². The molecule has 1 fully saturated rings. The SMILES string of the molecule is C=CC(=O)N1CCN(c2nc(=O)n(-c3c(CC)cncc3CC)c3nc(-c4ccccc4F)c(Cl)c(I)c23)[C@@H](C)C1. The minimum absolute atomic E-state index is 0.143. The van der Waals surface area contributed by atoms with Gasteiger partial charge in [0.1, 0.15) is 11.6 Å². The quantitative estimate of drug-likeness (QED) is 0.194. The fraction of sp³-hybridized carbons (Fsp3) is 0.300. The largest absolute Gasteiger partial charge is 0.355 e. The Kier molecular flexibility index (Phi) is 8.42. The van der Waals surface area contributed by atoms with Crippen molar-refractivity contribution in [3.05, 3.63) is 85.3 Å². The first-order valence-corrected chi connectivity index (χ1v) is 14.9. The van der Waals surface area contributed by atoms with Gasteiger partial charge >= 0.3 is 5.69 Å². The summed E-state index contributed by atoms with van der Waals surface area (Å²) in [6.45, 7) is 10.9. The number of aromatic nitrogens is 4. The molecule has 1 aliphatic rings. The Hall–Kier alpha value is -3.38. The zero-order chi connectivity index (χ0) is 29.4. The highest BCUT2D eigenvalue weighted by Crippen LogP contribution is 2.40. The van der Waals surface area contributed by atoms with Crippen molar-refractivity contribution < 1.29 is 9.18 Å². The molecule has 0 saturated carbocycles. The summed E-state index contributed by atoms with van der Waals surface area (Å²) in [5, 5.41) is 0.859. The topological polar surface area (TPSA) is 84.2 Å². The fourth-order valence-electron chi connectivity index (χ4n) is 5.36. The number of fused-ring (bicyclic) bond motifs is 1. The molecule has 0 radical (unpaired) electrons. The van der Waals surface area contributed by atoms with E-state index in [0.717, 1.165) is 11.1 Å². The number of carbonyl (C=O) groups is 1. The summed E-state index contributed by atoms with van der Waals surface area (Å²) < 4.78 is 17.2. The van der Waals surface area contributed by atoms with E-state index in [4.69, 9.17) is 16.6 Å². The molecule has 4 aromatic rings. The second-order valence-corrected chi connectivity index (χ2v) is 11.3. The first kappa shape index (κ1) is 29.1. The number of halogens is 3. The number of rotatable bonds is 6. The molecule has 8 nitrogen and oxygen atoms in total. The zero-order valence-electron chi connectivity index (χ0n) is 23.0. The Bertz CT molecular complexity index is 1720. The van der Waals surface area contributed by atoms with E-state index in [2.05, 4.69) is 39.1 Å². The van der Waals surface area contributed by atoms with Crippen LogP contribution in [0.1, 0.15) is 31.9 Å². The number of anilines is 1. The zero-order valence-corrected chi connectivity index (χ0v) is 25.9. The van der Waals surface area contributed by atoms with Gasteiger partial charge < -0.3 is 9.80 Å². The van der Waals surface area contributed by atoms with Gasteiger partial charge in [-0.15, -0.1) is 0 Å². The number of nitrogens with zero attached hydrogens (tertiary/aromatic N) is 6. The molecule has 0 aliphatic carbocycles. The summed E-state index contributed by atoms with van der Waals surface area (Å²) in [6.07, 6.45) is 6.06. The van der Waals surface area contributed by atoms with Crippen LogP contribution >= 0.6 is 34.2 Å². The molecule has 1 saturated heterocycles. The molecule has 1 amide bonds. The smallest absolute Gasteiger partial charge is 0.350 e. The molecule has 11 heteroatoms. The third-order valence-electron chi connectivity index (χ3n) is 7.46. The number of piperazine rings is 1. The van der Waals surface area contributed by atoms with Crippen molar-refractivity contribution >= 4 is 57.0 Å². The second kappa shape index (κ2) is 11.8. The Labute approximate surface area is 256 Å². The number of hydrogen-bond acceptors (Lipinski definition) is 6. The van der Waals surface area contributed by atoms with Gasteiger partial charge in [0.2, 0.25) is 5.91 Å². The van der Waals surface area contributed by atoms with Crippen LogP contribution in [0.15, 0.2) is 54.1 Å². The molecule has 1 aliphatic heterocycles. The molecule has 41 heavy (non-hydrogen) atoms. The number of hydrogen-bond donors (Lipinski definition) is 0. The van der Waals surface area contributed by atoms with Gasteiger partial charge in [-0.05, 0) is 71.7 Å². The highest BCUT2D eigenvalue weighted by atomic mass is 127. The summed E-state index contributed by atoms with van der Waals surface area (Å²) in [5.41, 5.74) is 2.72. The van der Waals surface area contributed by atoms with Crippen molar-refractivity contribution in [1.29, 1.82) is 0 Å². The molecule has 4 heterocycles. The Morgan fingerprint density at radius 3 is 2.46 bits per heavy atom. The van der Waals surface area contributed by atoms with Crippen LogP contribution in [0, 0.1) is 9.39 Å². The number of aryl methyl sites for hydroxylation is 2. The van der Waals surface area contributed by atoms with Crippen LogP contribution in [-0.4, -0.2) is 56.0 Å². The van der Waals surface area contributed by atoms with E-state index < -0.39 is 11.5 Å². The Balaban J connectivity index is 1.86. The van der Waals surface area contributed by atoms with Crippen LogP contribution in [-0.2, 0) is 17.6 Å². The molecule has 1 aromatic carbocycles. The van der Waals surface area contributed by atoms with E-state index in [0.29, 0.717) is 58.6 Å². The van der Waals surface area contributed by atoms with Crippen LogP contribution in [0.5, 0.6) is 0 Å². The van der Waals surface area contributed by atoms with Gasteiger partial charge in [0.15, 0.2) is 5.65 Å². The summed E-state index contributed by atoms with van der Waals surface area (Å²) in [6, 6.07) is 6.14. The summed E-state index contributed by atoms with van der Waals surface area (Å²) in [5.74, 6) is -0.178. The normalized spacial score (nSPS) is 15.4. The minimum atomic E-state index is -0.509. The second-order valence-electron chi connectivity index (χ2n) is 9.86. The number of pyridine rings is 2. The third kappa shape index (κ3) is 5.12. The van der Waals surface area contributed by atoms with Crippen molar-refractivity contribution in [2.75, 3.05) is 24.5 Å². The van der Waals surface area contributed by atoms with Gasteiger partial charge in [-0.25, -0.2) is 18.7 Å². The van der Waals surface area contributed by atoms with Gasteiger partial charge in [0, 0.05) is 47.2 Å². The molecular weight excluding hydrogens is 658 g/mol. The van der Waals surface area contributed by atoms with Crippen molar-refractivity contribution in [2.45, 2.75) is 39.7 Å². The lowest BCUT2D eigenvalue weighted by Crippen LogP contribution is -2.54. The maximum atomic E-state index is 15.0. The monoisotopic (exact) mass is 686 g/mol. The number of amides is 1. The average Bonchev–Trinajstić information content (AvgIpc) is 2.98. The molecule has 5 rings (SSSR count). The highest BCUT2D eigenvalue weighted by molar-refractivity contribution is 14.1. The Morgan fingerprint density at radius 1 is 1.17 bits per heavy atom. The van der Waals surface area contributed by atoms with Gasteiger partial charge in [-0.2, -0.15) is 4.98 Å². The van der Waals surface area contributed by atoms with Gasteiger partial charge in [0.25, 0.3) is 0 Å². The van der Waals surface area contributed by atoms with Crippen molar-refractivity contribution in [3.63, 3.8) is 0 Å². The number of carbonyl (C=O) groups excluding carboxylic acids is 1. The van der Waals surface area contributed by atoms with E-state index >= 15 is 4.39 Å². The van der Waals surface area contributed by atoms with E-state index in [-0.39, 0.29) is 28.2 Å². The summed E-state index contributed by atoms with van der Waals surface area (Å²) in [4.78, 5) is 44.0. The van der Waals surface area contributed by atoms with E-state index in [1.54, 1.807) is 35.5 Å². The van der Waals surface area contributed by atoms with E-state index in [9.17, 15) is 9.59 Å². The van der Waals surface area contributed by atoms with Crippen LogP contribution < -0.4 is 10.6 Å². The molecule has 0 bridgehead atoms. The number of benzene rings is 1. The van der Waals surface area contributed by atoms with E-state index in [1.807, 2.05) is 25.7 Å². The maximum Gasteiger partial charge on any atom is 0.355 e. The molecule has 212 valence electrons. The van der Waals surface area contributed by atoms with Gasteiger partial charge in [0.05, 0.1) is 21.8 Å². The molecule has 3 aromatic heterocycles. The predicted octanol–water partition coefficient (Wildman–Crippen LogP) is 5.59. The van der Waals surface area contributed by atoms with Crippen molar-refractivity contribution in [2.24, 2.45) is 0 Å². The van der Waals surface area contributed by atoms with Crippen molar-refractivity contribution in [3.8, 4) is 16.9 Å². The van der Waals surface area contributed by atoms with Crippen LogP contribution in [0.4, 0.5) is 10.2 Å². The van der Waals surface area contributed by atoms with Gasteiger partial charge in [-0.3, -0.25) is 9.78 Å². The van der Waals surface area contributed by atoms with Gasteiger partial charge in [-0.1, -0.05) is 44.2 Å². The standard InChI is InChI=1S/C30H29ClFIN6O2/c1-5-18-14-34-15-19(6-2)27(18)39-29-23(25(33)24(31)26(35-29)20-10-8-9-11-21(20)32)28(36-30(39)41)38-13-12-37(16-17(38)4)22(40)7-3/h7-11,14-15,17H,3,5-6,12-13,16H2,1-2,4H3/t17-/m0/s1. The van der Waals surface area contributed by atoms with Crippen LogP contribution in [0.3, 0.4) is 0 Å². The predicted molar refractivity (Wildman–Crippen MR) is 168 cm³/mol. The van der Waals surface area contributed by atoms with Crippen LogP contribution in [0.2, 0.25) is 5.02 Å². The lowest BCUT2D eigenvalue weighted by molar-refractivity contribution is -0.126. The fourth-order valence-corrected chi connectivity index (χ4v) is 6.34. The molecule has 0 spiro atoms. The minimum Gasteiger partial charge on any atom is -0.350 e. The maximum absolute atomic E-state index is 15.0. The lowest BCUT2D eigenvalue weighted by atomic mass is 10.1. The lowest BCUT2D eigenvalue weighted by Gasteiger charge is -2.40. The summed E-state index contributed by atoms with van der Waals surface area (Å²) in [7, 11) is 0. The molecule has 0 unspecified atom stereocenters. The molecule has 0 N–H and O–H groups in total.